The van der Waals surface area contributed by atoms with E-state index >= 15 is 0 Å². The number of carbonyl (C=O) groups excluding carboxylic acids is 1. The molecule has 0 radical (unpaired) electrons. The number of alkyl halides is 3. The minimum Gasteiger partial charge on any atom is -0.436 e. The van der Waals surface area contributed by atoms with Crippen molar-refractivity contribution in [2.24, 2.45) is 0 Å². The number of hydrogen-bond donors (Lipinski definition) is 2. The van der Waals surface area contributed by atoms with E-state index in [1.165, 1.54) is 30.7 Å². The first-order valence-corrected chi connectivity index (χ1v) is 9.48. The Kier molecular flexibility index (Phi) is 5.51. The van der Waals surface area contributed by atoms with Gasteiger partial charge in [-0.1, -0.05) is 13.3 Å². The number of hydrogen-bond acceptors (Lipinski definition) is 5. The average molecular weight is 448 g/mol. The third-order valence-electron chi connectivity index (χ3n) is 4.53. The highest BCUT2D eigenvalue weighted by Gasteiger charge is 2.33. The van der Waals surface area contributed by atoms with Gasteiger partial charge >= 0.3 is 12.2 Å². The molecule has 12 heteroatoms. The molecular formula is C20H16F4N6O2. The summed E-state index contributed by atoms with van der Waals surface area (Å²) in [5, 5.41) is 7.53. The summed E-state index contributed by atoms with van der Waals surface area (Å²) >= 11 is 0. The number of amides is 1. The summed E-state index contributed by atoms with van der Waals surface area (Å²) in [6.07, 6.45) is -0.414. The average Bonchev–Trinajstić information content (AvgIpc) is 3.38. The molecule has 2 N–H and O–H groups in total. The fraction of sp³-hybridized carbons (Fsp3) is 0.200. The molecule has 0 bridgehead atoms. The molecule has 1 amide bonds. The minimum absolute atomic E-state index is 0.0819. The number of aromatic nitrogens is 5. The standard InChI is InChI=1S/C20H16F4N6O2/c1-2-3-11-8-17(26-10-25-11)32-14-5-4-13-12(18(14)21)6-7-30(13)19(31)27-16-9-15(28-29-16)20(22,23)24/h4-10H,2-3H2,1H3,(H2,27,28,29,31). The first-order chi connectivity index (χ1) is 15.3. The fourth-order valence-electron chi connectivity index (χ4n) is 3.06. The van der Waals surface area contributed by atoms with Crippen LogP contribution in [0.2, 0.25) is 0 Å². The summed E-state index contributed by atoms with van der Waals surface area (Å²) in [4.78, 5) is 20.6. The smallest absolute Gasteiger partial charge is 0.432 e. The van der Waals surface area contributed by atoms with E-state index in [0.717, 1.165) is 23.1 Å². The molecular weight excluding hydrogens is 432 g/mol. The maximum atomic E-state index is 15.0. The van der Waals surface area contributed by atoms with Crippen LogP contribution in [-0.4, -0.2) is 30.8 Å². The molecule has 4 aromatic rings. The van der Waals surface area contributed by atoms with Crippen LogP contribution in [0.1, 0.15) is 24.7 Å². The molecule has 0 fully saturated rings. The van der Waals surface area contributed by atoms with Gasteiger partial charge in [-0.2, -0.15) is 18.3 Å². The number of aromatic amines is 1. The zero-order valence-electron chi connectivity index (χ0n) is 16.6. The lowest BCUT2D eigenvalue weighted by molar-refractivity contribution is -0.141. The zero-order chi connectivity index (χ0) is 22.9. The molecule has 0 aliphatic rings. The van der Waals surface area contributed by atoms with E-state index in [4.69, 9.17) is 4.74 Å². The number of fused-ring (bicyclic) bond motifs is 1. The van der Waals surface area contributed by atoms with Crippen LogP contribution in [0.5, 0.6) is 11.6 Å². The number of benzene rings is 1. The fourth-order valence-corrected chi connectivity index (χ4v) is 3.06. The highest BCUT2D eigenvalue weighted by atomic mass is 19.4. The molecule has 0 aliphatic carbocycles. The Morgan fingerprint density at radius 2 is 2.03 bits per heavy atom. The van der Waals surface area contributed by atoms with E-state index in [-0.39, 0.29) is 28.4 Å². The van der Waals surface area contributed by atoms with Crippen LogP contribution in [0, 0.1) is 5.82 Å². The molecule has 0 spiro atoms. The molecule has 8 nitrogen and oxygen atoms in total. The summed E-state index contributed by atoms with van der Waals surface area (Å²) in [6, 6.07) is 5.60. The summed E-state index contributed by atoms with van der Waals surface area (Å²) in [7, 11) is 0. The van der Waals surface area contributed by atoms with Crippen molar-refractivity contribution >= 4 is 22.8 Å². The molecule has 1 aromatic carbocycles. The molecule has 0 saturated heterocycles. The van der Waals surface area contributed by atoms with Gasteiger partial charge in [0, 0.05) is 29.4 Å². The zero-order valence-corrected chi connectivity index (χ0v) is 16.6. The van der Waals surface area contributed by atoms with Gasteiger partial charge in [-0.25, -0.2) is 19.2 Å². The van der Waals surface area contributed by atoms with Crippen molar-refractivity contribution in [1.82, 2.24) is 24.7 Å². The van der Waals surface area contributed by atoms with Gasteiger partial charge in [0.05, 0.1) is 5.52 Å². The molecule has 3 heterocycles. The summed E-state index contributed by atoms with van der Waals surface area (Å²) in [5.41, 5.74) is -0.160. The van der Waals surface area contributed by atoms with E-state index < -0.39 is 23.7 Å². The van der Waals surface area contributed by atoms with Crippen LogP contribution in [0.15, 0.2) is 42.9 Å². The summed E-state index contributed by atoms with van der Waals surface area (Å²) in [6.45, 7) is 2.00. The molecule has 4 rings (SSSR count). The second kappa shape index (κ2) is 8.29. The van der Waals surface area contributed by atoms with Gasteiger partial charge in [0.15, 0.2) is 17.4 Å². The van der Waals surface area contributed by atoms with Crippen molar-refractivity contribution in [2.75, 3.05) is 5.32 Å². The number of halogens is 4. The van der Waals surface area contributed by atoms with Crippen molar-refractivity contribution in [1.29, 1.82) is 0 Å². The van der Waals surface area contributed by atoms with Crippen molar-refractivity contribution in [3.63, 3.8) is 0 Å². The van der Waals surface area contributed by atoms with E-state index in [2.05, 4.69) is 20.4 Å². The number of carbonyl (C=O) groups is 1. The van der Waals surface area contributed by atoms with Gasteiger partial charge < -0.3 is 4.74 Å². The second-order valence-electron chi connectivity index (χ2n) is 6.79. The Morgan fingerprint density at radius 3 is 2.75 bits per heavy atom. The van der Waals surface area contributed by atoms with Gasteiger partial charge in [-0.15, -0.1) is 0 Å². The maximum absolute atomic E-state index is 15.0. The quantitative estimate of drug-likeness (QED) is 0.412. The van der Waals surface area contributed by atoms with Crippen molar-refractivity contribution in [3.8, 4) is 11.6 Å². The third kappa shape index (κ3) is 4.24. The lowest BCUT2D eigenvalue weighted by Gasteiger charge is -2.09. The Labute approximate surface area is 178 Å². The summed E-state index contributed by atoms with van der Waals surface area (Å²) < 4.78 is 59.6. The van der Waals surface area contributed by atoms with Crippen LogP contribution in [-0.2, 0) is 12.6 Å². The SMILES string of the molecule is CCCc1cc(Oc2ccc3c(ccn3C(=O)Nc3cc(C(F)(F)F)[nH]n3)c2F)ncn1. The van der Waals surface area contributed by atoms with Gasteiger partial charge in [-0.05, 0) is 24.6 Å². The molecule has 0 saturated carbocycles. The largest absolute Gasteiger partial charge is 0.436 e. The van der Waals surface area contributed by atoms with E-state index in [9.17, 15) is 22.4 Å². The van der Waals surface area contributed by atoms with Crippen molar-refractivity contribution < 1.29 is 27.1 Å². The number of aryl methyl sites for hydroxylation is 1. The maximum Gasteiger partial charge on any atom is 0.432 e. The predicted octanol–water partition coefficient (Wildman–Crippen LogP) is 5.14. The lowest BCUT2D eigenvalue weighted by Crippen LogP contribution is -2.18. The molecule has 3 aromatic heterocycles. The van der Waals surface area contributed by atoms with E-state index in [0.29, 0.717) is 6.07 Å². The van der Waals surface area contributed by atoms with Crippen LogP contribution in [0.25, 0.3) is 10.9 Å². The second-order valence-corrected chi connectivity index (χ2v) is 6.79. The minimum atomic E-state index is -4.63. The number of rotatable bonds is 5. The normalized spacial score (nSPS) is 11.7. The molecule has 166 valence electrons. The molecule has 0 unspecified atom stereocenters. The van der Waals surface area contributed by atoms with Crippen LogP contribution >= 0.6 is 0 Å². The highest BCUT2D eigenvalue weighted by Crippen LogP contribution is 2.31. The Morgan fingerprint density at radius 1 is 1.22 bits per heavy atom. The molecule has 0 atom stereocenters. The third-order valence-corrected chi connectivity index (χ3v) is 4.53. The lowest BCUT2D eigenvalue weighted by atomic mass is 10.2. The number of nitrogens with zero attached hydrogens (tertiary/aromatic N) is 4. The topological polar surface area (TPSA) is 97.7 Å². The highest BCUT2D eigenvalue weighted by molar-refractivity contribution is 5.98. The van der Waals surface area contributed by atoms with Gasteiger partial charge in [-0.3, -0.25) is 15.0 Å². The number of anilines is 1. The van der Waals surface area contributed by atoms with Crippen LogP contribution in [0.3, 0.4) is 0 Å². The first-order valence-electron chi connectivity index (χ1n) is 9.48. The van der Waals surface area contributed by atoms with Gasteiger partial charge in [0.2, 0.25) is 5.88 Å². The first kappa shape index (κ1) is 21.3. The van der Waals surface area contributed by atoms with E-state index in [1.54, 1.807) is 11.2 Å². The molecule has 32 heavy (non-hydrogen) atoms. The number of ether oxygens (including phenoxy) is 1. The van der Waals surface area contributed by atoms with Crippen LogP contribution < -0.4 is 10.1 Å². The number of nitrogens with one attached hydrogen (secondary N) is 2. The Bertz CT molecular complexity index is 1280. The predicted molar refractivity (Wildman–Crippen MR) is 106 cm³/mol. The Hall–Kier alpha value is -3.96. The monoisotopic (exact) mass is 448 g/mol. The summed E-state index contributed by atoms with van der Waals surface area (Å²) in [5.74, 6) is -0.961. The van der Waals surface area contributed by atoms with Crippen LogP contribution in [0.4, 0.5) is 28.2 Å². The molecule has 0 aliphatic heterocycles. The number of H-pyrrole nitrogens is 1. The van der Waals surface area contributed by atoms with Crippen molar-refractivity contribution in [3.05, 3.63) is 60.1 Å². The van der Waals surface area contributed by atoms with Crippen molar-refractivity contribution in [2.45, 2.75) is 25.9 Å². The van der Waals surface area contributed by atoms with E-state index in [1.807, 2.05) is 6.92 Å². The van der Waals surface area contributed by atoms with Gasteiger partial charge in [0.25, 0.3) is 0 Å². The Balaban J connectivity index is 1.56. The van der Waals surface area contributed by atoms with Gasteiger partial charge in [0.1, 0.15) is 12.0 Å².